The van der Waals surface area contributed by atoms with E-state index in [1.165, 1.54) is 12.8 Å². The van der Waals surface area contributed by atoms with E-state index in [1.54, 1.807) is 7.11 Å². The van der Waals surface area contributed by atoms with Crippen LogP contribution >= 0.6 is 0 Å². The summed E-state index contributed by atoms with van der Waals surface area (Å²) >= 11 is 0. The van der Waals surface area contributed by atoms with E-state index in [0.29, 0.717) is 6.04 Å². The quantitative estimate of drug-likeness (QED) is 0.915. The maximum atomic E-state index is 6.39. The lowest BCUT2D eigenvalue weighted by Gasteiger charge is -2.21. The Morgan fingerprint density at radius 1 is 1.29 bits per heavy atom. The first-order valence-electron chi connectivity index (χ1n) is 7.49. The Morgan fingerprint density at radius 3 is 2.52 bits per heavy atom. The van der Waals surface area contributed by atoms with Crippen LogP contribution in [0.25, 0.3) is 11.4 Å². The highest BCUT2D eigenvalue weighted by Gasteiger charge is 2.31. The molecule has 0 unspecified atom stereocenters. The molecule has 1 aliphatic carbocycles. The fourth-order valence-electron chi connectivity index (χ4n) is 2.59. The molecule has 1 heterocycles. The molecular formula is C17H23N3O. The zero-order chi connectivity index (χ0) is 15.0. The highest BCUT2D eigenvalue weighted by molar-refractivity contribution is 5.61. The molecule has 0 amide bonds. The van der Waals surface area contributed by atoms with Crippen LogP contribution in [-0.2, 0) is 11.2 Å². The van der Waals surface area contributed by atoms with Gasteiger partial charge in [0.25, 0.3) is 0 Å². The van der Waals surface area contributed by atoms with Crippen molar-refractivity contribution < 1.29 is 4.74 Å². The molecule has 3 rings (SSSR count). The van der Waals surface area contributed by atoms with Crippen molar-refractivity contribution in [3.63, 3.8) is 0 Å². The molecule has 0 atom stereocenters. The van der Waals surface area contributed by atoms with Gasteiger partial charge in [0.05, 0.1) is 11.3 Å². The number of nitrogens with zero attached hydrogens (tertiary/aromatic N) is 2. The van der Waals surface area contributed by atoms with Crippen molar-refractivity contribution in [2.75, 3.05) is 12.8 Å². The Kier molecular flexibility index (Phi) is 3.49. The third-order valence-electron chi connectivity index (χ3n) is 4.11. The molecule has 2 aromatic rings. The Hall–Kier alpha value is -1.81. The second kappa shape index (κ2) is 5.19. The van der Waals surface area contributed by atoms with Crippen LogP contribution in [0.3, 0.4) is 0 Å². The van der Waals surface area contributed by atoms with Gasteiger partial charge in [0, 0.05) is 25.1 Å². The van der Waals surface area contributed by atoms with Crippen molar-refractivity contribution >= 4 is 5.82 Å². The minimum absolute atomic E-state index is 0.259. The predicted molar refractivity (Wildman–Crippen MR) is 85.1 cm³/mol. The molecule has 0 radical (unpaired) electrons. The van der Waals surface area contributed by atoms with Gasteiger partial charge in [-0.15, -0.1) is 0 Å². The van der Waals surface area contributed by atoms with Gasteiger partial charge in [0.1, 0.15) is 11.6 Å². The molecule has 21 heavy (non-hydrogen) atoms. The zero-order valence-corrected chi connectivity index (χ0v) is 13.0. The van der Waals surface area contributed by atoms with Gasteiger partial charge in [-0.3, -0.25) is 0 Å². The van der Waals surface area contributed by atoms with Gasteiger partial charge in [0.2, 0.25) is 0 Å². The molecule has 0 spiro atoms. The first kappa shape index (κ1) is 14.1. The van der Waals surface area contributed by atoms with Crippen LogP contribution in [0, 0.1) is 0 Å². The van der Waals surface area contributed by atoms with E-state index in [1.807, 2.05) is 18.2 Å². The highest BCUT2D eigenvalue weighted by Crippen LogP contribution is 2.42. The summed E-state index contributed by atoms with van der Waals surface area (Å²) < 4.78 is 7.73. The van der Waals surface area contributed by atoms with Crippen LogP contribution in [0.2, 0.25) is 0 Å². The maximum Gasteiger partial charge on any atom is 0.142 e. The fourth-order valence-corrected chi connectivity index (χ4v) is 2.59. The van der Waals surface area contributed by atoms with E-state index in [9.17, 15) is 0 Å². The average Bonchev–Trinajstić information content (AvgIpc) is 3.26. The summed E-state index contributed by atoms with van der Waals surface area (Å²) in [4.78, 5) is 4.83. The summed E-state index contributed by atoms with van der Waals surface area (Å²) in [6.45, 7) is 4.12. The minimum Gasteiger partial charge on any atom is -0.384 e. The van der Waals surface area contributed by atoms with Gasteiger partial charge in [-0.05, 0) is 26.7 Å². The van der Waals surface area contributed by atoms with Crippen LogP contribution in [-0.4, -0.2) is 22.3 Å². The first-order chi connectivity index (χ1) is 10.0. The maximum absolute atomic E-state index is 6.39. The van der Waals surface area contributed by atoms with Gasteiger partial charge in [-0.1, -0.05) is 30.3 Å². The lowest BCUT2D eigenvalue weighted by Crippen LogP contribution is -2.26. The van der Waals surface area contributed by atoms with Crippen LogP contribution < -0.4 is 5.73 Å². The van der Waals surface area contributed by atoms with Crippen molar-refractivity contribution in [2.24, 2.45) is 0 Å². The molecule has 1 saturated carbocycles. The predicted octanol–water partition coefficient (Wildman–Crippen LogP) is 3.43. The third kappa shape index (κ3) is 2.81. The number of ether oxygens (including phenoxy) is 1. The smallest absolute Gasteiger partial charge is 0.142 e. The number of nitrogen functional groups attached to an aromatic ring is 1. The Balaban J connectivity index is 2.04. The molecule has 4 nitrogen and oxygen atoms in total. The number of hydrogen-bond acceptors (Lipinski definition) is 3. The number of benzene rings is 1. The SMILES string of the molecule is COC(C)(C)Cc1nc(-c2ccccc2)n(C2CC2)c1N. The number of aromatic nitrogens is 2. The van der Waals surface area contributed by atoms with E-state index >= 15 is 0 Å². The van der Waals surface area contributed by atoms with E-state index in [4.69, 9.17) is 15.5 Å². The summed E-state index contributed by atoms with van der Waals surface area (Å²) in [7, 11) is 1.73. The minimum atomic E-state index is -0.259. The molecule has 0 bridgehead atoms. The zero-order valence-electron chi connectivity index (χ0n) is 13.0. The highest BCUT2D eigenvalue weighted by atomic mass is 16.5. The largest absolute Gasteiger partial charge is 0.384 e. The summed E-state index contributed by atoms with van der Waals surface area (Å²) in [5, 5.41) is 0. The molecule has 0 aliphatic heterocycles. The van der Waals surface area contributed by atoms with E-state index in [2.05, 4.69) is 30.5 Å². The topological polar surface area (TPSA) is 53.1 Å². The third-order valence-corrected chi connectivity index (χ3v) is 4.11. The van der Waals surface area contributed by atoms with Gasteiger partial charge in [0.15, 0.2) is 0 Å². The van der Waals surface area contributed by atoms with Crippen LogP contribution in [0.5, 0.6) is 0 Å². The summed E-state index contributed by atoms with van der Waals surface area (Å²) in [6, 6.07) is 10.8. The van der Waals surface area contributed by atoms with Crippen molar-refractivity contribution in [2.45, 2.75) is 44.8 Å². The summed E-state index contributed by atoms with van der Waals surface area (Å²) in [6.07, 6.45) is 3.09. The van der Waals surface area contributed by atoms with E-state index < -0.39 is 0 Å². The summed E-state index contributed by atoms with van der Waals surface area (Å²) in [5.41, 5.74) is 8.19. The number of nitrogens with two attached hydrogens (primary N) is 1. The average molecular weight is 285 g/mol. The fraction of sp³-hybridized carbons (Fsp3) is 0.471. The van der Waals surface area contributed by atoms with Gasteiger partial charge in [-0.2, -0.15) is 0 Å². The molecule has 0 saturated heterocycles. The standard InChI is InChI=1S/C17H23N3O/c1-17(2,21-3)11-14-15(18)20(13-9-10-13)16(19-14)12-7-5-4-6-8-12/h4-8,13H,9-11,18H2,1-3H3. The van der Waals surface area contributed by atoms with Crippen LogP contribution in [0.4, 0.5) is 5.82 Å². The van der Waals surface area contributed by atoms with Crippen molar-refractivity contribution in [3.05, 3.63) is 36.0 Å². The molecule has 1 fully saturated rings. The molecular weight excluding hydrogens is 262 g/mol. The first-order valence-corrected chi connectivity index (χ1v) is 7.49. The second-order valence-corrected chi connectivity index (χ2v) is 6.38. The number of hydrogen-bond donors (Lipinski definition) is 1. The Labute approximate surface area is 125 Å². The summed E-state index contributed by atoms with van der Waals surface area (Å²) in [5.74, 6) is 1.78. The Morgan fingerprint density at radius 2 is 1.95 bits per heavy atom. The van der Waals surface area contributed by atoms with Gasteiger partial charge >= 0.3 is 0 Å². The molecule has 4 heteroatoms. The van der Waals surface area contributed by atoms with Crippen LogP contribution in [0.15, 0.2) is 30.3 Å². The second-order valence-electron chi connectivity index (χ2n) is 6.38. The van der Waals surface area contributed by atoms with Crippen LogP contribution in [0.1, 0.15) is 38.4 Å². The van der Waals surface area contributed by atoms with Crippen molar-refractivity contribution in [3.8, 4) is 11.4 Å². The molecule has 112 valence electrons. The van der Waals surface area contributed by atoms with Crippen molar-refractivity contribution in [1.29, 1.82) is 0 Å². The number of imidazole rings is 1. The lowest BCUT2D eigenvalue weighted by molar-refractivity contribution is 0.0226. The number of methoxy groups -OCH3 is 1. The number of anilines is 1. The van der Waals surface area contributed by atoms with Gasteiger partial charge < -0.3 is 15.0 Å². The molecule has 1 aliphatic rings. The Bertz CT molecular complexity index is 627. The van der Waals surface area contributed by atoms with E-state index in [0.717, 1.165) is 29.3 Å². The monoisotopic (exact) mass is 285 g/mol. The van der Waals surface area contributed by atoms with E-state index in [-0.39, 0.29) is 5.60 Å². The van der Waals surface area contributed by atoms with Gasteiger partial charge in [-0.25, -0.2) is 4.98 Å². The molecule has 1 aromatic carbocycles. The van der Waals surface area contributed by atoms with Crippen molar-refractivity contribution in [1.82, 2.24) is 9.55 Å². The molecule has 1 aromatic heterocycles. The normalized spacial score (nSPS) is 15.4. The lowest BCUT2D eigenvalue weighted by atomic mass is 10.0. The molecule has 2 N–H and O–H groups in total. The number of rotatable bonds is 5.